The smallest absolute Gasteiger partial charge is 0.170 e. The molecule has 2 fully saturated rings. The van der Waals surface area contributed by atoms with Gasteiger partial charge in [0.15, 0.2) is 11.6 Å². The Morgan fingerprint density at radius 1 is 1.42 bits per heavy atom. The maximum Gasteiger partial charge on any atom is 0.170 e. The number of nitrogens with zero attached hydrogens (tertiary/aromatic N) is 2. The Morgan fingerprint density at radius 2 is 2.26 bits per heavy atom. The third-order valence-corrected chi connectivity index (χ3v) is 4.17. The van der Waals surface area contributed by atoms with Gasteiger partial charge in [0.2, 0.25) is 0 Å². The van der Waals surface area contributed by atoms with Gasteiger partial charge in [-0.1, -0.05) is 12.8 Å². The van der Waals surface area contributed by atoms with Gasteiger partial charge in [0, 0.05) is 24.8 Å². The van der Waals surface area contributed by atoms with Crippen LogP contribution >= 0.6 is 0 Å². The molecule has 19 heavy (non-hydrogen) atoms. The lowest BCUT2D eigenvalue weighted by molar-refractivity contribution is -0.00925. The molecule has 1 aromatic rings. The minimum absolute atomic E-state index is 0.208. The minimum atomic E-state index is -0.267. The standard InChI is InChI=1S/C14H20FN3O/c15-13-10(9-16)5-6-17-14(13)18-7-8-19-12-4-2-1-3-11(12)18/h5-6,11-12H,1-4,7-9,16H2. The largest absolute Gasteiger partial charge is 0.374 e. The molecule has 0 aromatic carbocycles. The van der Waals surface area contributed by atoms with Crippen molar-refractivity contribution in [1.29, 1.82) is 0 Å². The molecule has 1 aliphatic carbocycles. The Kier molecular flexibility index (Phi) is 3.66. The minimum Gasteiger partial charge on any atom is -0.374 e. The lowest BCUT2D eigenvalue weighted by atomic mass is 9.90. The summed E-state index contributed by atoms with van der Waals surface area (Å²) < 4.78 is 20.2. The highest BCUT2D eigenvalue weighted by Crippen LogP contribution is 2.32. The summed E-state index contributed by atoms with van der Waals surface area (Å²) in [6, 6.07) is 1.91. The van der Waals surface area contributed by atoms with Crippen LogP contribution in [0.4, 0.5) is 10.2 Å². The number of aromatic nitrogens is 1. The summed E-state index contributed by atoms with van der Waals surface area (Å²) in [6.45, 7) is 1.56. The Hall–Kier alpha value is -1.20. The zero-order valence-corrected chi connectivity index (χ0v) is 11.0. The number of hydrogen-bond acceptors (Lipinski definition) is 4. The lowest BCUT2D eigenvalue weighted by Gasteiger charge is -2.44. The summed E-state index contributed by atoms with van der Waals surface area (Å²) in [5, 5.41) is 0. The van der Waals surface area contributed by atoms with Crippen molar-refractivity contribution in [3.63, 3.8) is 0 Å². The number of nitrogens with two attached hydrogens (primary N) is 1. The van der Waals surface area contributed by atoms with E-state index < -0.39 is 0 Å². The molecule has 1 saturated heterocycles. The first-order valence-electron chi connectivity index (χ1n) is 7.03. The number of morpholine rings is 1. The summed E-state index contributed by atoms with van der Waals surface area (Å²) in [5.74, 6) is 0.180. The summed E-state index contributed by atoms with van der Waals surface area (Å²) in [4.78, 5) is 6.33. The van der Waals surface area contributed by atoms with E-state index in [2.05, 4.69) is 9.88 Å². The summed E-state index contributed by atoms with van der Waals surface area (Å²) in [5.41, 5.74) is 6.10. The van der Waals surface area contributed by atoms with Gasteiger partial charge >= 0.3 is 0 Å². The van der Waals surface area contributed by atoms with Crippen LogP contribution in [0.1, 0.15) is 31.2 Å². The number of fused-ring (bicyclic) bond motifs is 1. The van der Waals surface area contributed by atoms with Crippen LogP contribution < -0.4 is 10.6 Å². The van der Waals surface area contributed by atoms with Crippen LogP contribution in [0.5, 0.6) is 0 Å². The highest BCUT2D eigenvalue weighted by atomic mass is 19.1. The van der Waals surface area contributed by atoms with Gasteiger partial charge in [0.05, 0.1) is 18.8 Å². The second-order valence-corrected chi connectivity index (χ2v) is 5.27. The molecular weight excluding hydrogens is 245 g/mol. The van der Waals surface area contributed by atoms with Crippen LogP contribution in [-0.4, -0.2) is 30.3 Å². The number of rotatable bonds is 2. The number of ether oxygens (including phenoxy) is 1. The number of hydrogen-bond donors (Lipinski definition) is 1. The predicted molar refractivity (Wildman–Crippen MR) is 71.4 cm³/mol. The molecule has 104 valence electrons. The molecule has 2 heterocycles. The molecule has 2 atom stereocenters. The summed E-state index contributed by atoms with van der Waals surface area (Å²) in [7, 11) is 0. The van der Waals surface area contributed by atoms with Gasteiger partial charge in [-0.15, -0.1) is 0 Å². The quantitative estimate of drug-likeness (QED) is 0.886. The van der Waals surface area contributed by atoms with Crippen LogP contribution in [-0.2, 0) is 11.3 Å². The molecule has 2 aliphatic rings. The molecule has 3 rings (SSSR count). The van der Waals surface area contributed by atoms with Crippen LogP contribution in [0.25, 0.3) is 0 Å². The maximum absolute atomic E-state index is 14.4. The molecule has 0 amide bonds. The molecule has 0 bridgehead atoms. The molecule has 4 nitrogen and oxygen atoms in total. The van der Waals surface area contributed by atoms with Crippen molar-refractivity contribution in [3.05, 3.63) is 23.6 Å². The van der Waals surface area contributed by atoms with Gasteiger partial charge in [-0.25, -0.2) is 9.37 Å². The third-order valence-electron chi connectivity index (χ3n) is 4.17. The highest BCUT2D eigenvalue weighted by Gasteiger charge is 2.36. The van der Waals surface area contributed by atoms with Gasteiger partial charge in [-0.05, 0) is 18.9 Å². The van der Waals surface area contributed by atoms with E-state index >= 15 is 0 Å². The average Bonchev–Trinajstić information content (AvgIpc) is 2.47. The van der Waals surface area contributed by atoms with Gasteiger partial charge in [0.1, 0.15) is 0 Å². The van der Waals surface area contributed by atoms with Gasteiger partial charge < -0.3 is 15.4 Å². The average molecular weight is 265 g/mol. The summed E-state index contributed by atoms with van der Waals surface area (Å²) >= 11 is 0. The topological polar surface area (TPSA) is 51.4 Å². The van der Waals surface area contributed by atoms with Crippen molar-refractivity contribution in [1.82, 2.24) is 4.98 Å². The van der Waals surface area contributed by atoms with Crippen molar-refractivity contribution in [2.24, 2.45) is 5.73 Å². The predicted octanol–water partition coefficient (Wildman–Crippen LogP) is 1.83. The van der Waals surface area contributed by atoms with Crippen LogP contribution in [0.15, 0.2) is 12.3 Å². The van der Waals surface area contributed by atoms with Gasteiger partial charge in [-0.2, -0.15) is 0 Å². The van der Waals surface area contributed by atoms with E-state index in [4.69, 9.17) is 10.5 Å². The van der Waals surface area contributed by atoms with E-state index in [-0.39, 0.29) is 24.5 Å². The highest BCUT2D eigenvalue weighted by molar-refractivity contribution is 5.45. The van der Waals surface area contributed by atoms with Gasteiger partial charge in [-0.3, -0.25) is 0 Å². The van der Waals surface area contributed by atoms with Crippen molar-refractivity contribution < 1.29 is 9.13 Å². The fraction of sp³-hybridized carbons (Fsp3) is 0.643. The van der Waals surface area contributed by atoms with E-state index in [0.717, 1.165) is 12.8 Å². The normalized spacial score (nSPS) is 27.2. The first-order chi connectivity index (χ1) is 9.31. The molecule has 1 saturated carbocycles. The Labute approximate surface area is 112 Å². The second kappa shape index (κ2) is 5.43. The number of halogens is 1. The van der Waals surface area contributed by atoms with Crippen molar-refractivity contribution >= 4 is 5.82 Å². The van der Waals surface area contributed by atoms with Crippen molar-refractivity contribution in [3.8, 4) is 0 Å². The Morgan fingerprint density at radius 3 is 3.11 bits per heavy atom. The van der Waals surface area contributed by atoms with E-state index in [0.29, 0.717) is 24.5 Å². The maximum atomic E-state index is 14.4. The third kappa shape index (κ3) is 2.32. The molecule has 0 spiro atoms. The fourth-order valence-electron chi connectivity index (χ4n) is 3.19. The van der Waals surface area contributed by atoms with E-state index in [1.807, 2.05) is 0 Å². The van der Waals surface area contributed by atoms with E-state index in [1.165, 1.54) is 12.8 Å². The molecule has 1 aromatic heterocycles. The van der Waals surface area contributed by atoms with Crippen LogP contribution in [0, 0.1) is 5.82 Å². The fourth-order valence-corrected chi connectivity index (χ4v) is 3.19. The van der Waals surface area contributed by atoms with Crippen molar-refractivity contribution in [2.75, 3.05) is 18.1 Å². The number of anilines is 1. The molecule has 1 aliphatic heterocycles. The lowest BCUT2D eigenvalue weighted by Crippen LogP contribution is -2.53. The van der Waals surface area contributed by atoms with Crippen molar-refractivity contribution in [2.45, 2.75) is 44.4 Å². The molecular formula is C14H20FN3O. The molecule has 2 N–H and O–H groups in total. The molecule has 5 heteroatoms. The number of pyridine rings is 1. The Balaban J connectivity index is 1.91. The Bertz CT molecular complexity index is 452. The zero-order valence-electron chi connectivity index (χ0n) is 11.0. The van der Waals surface area contributed by atoms with Gasteiger partial charge in [0.25, 0.3) is 0 Å². The summed E-state index contributed by atoms with van der Waals surface area (Å²) in [6.07, 6.45) is 6.38. The first kappa shape index (κ1) is 12.8. The van der Waals surface area contributed by atoms with E-state index in [1.54, 1.807) is 12.3 Å². The molecule has 2 unspecified atom stereocenters. The second-order valence-electron chi connectivity index (χ2n) is 5.27. The SMILES string of the molecule is NCc1ccnc(N2CCOC3CCCCC32)c1F. The van der Waals surface area contributed by atoms with E-state index in [9.17, 15) is 4.39 Å². The van der Waals surface area contributed by atoms with Crippen LogP contribution in [0.2, 0.25) is 0 Å². The molecule has 0 radical (unpaired) electrons. The monoisotopic (exact) mass is 265 g/mol. The zero-order chi connectivity index (χ0) is 13.2. The van der Waals surface area contributed by atoms with Crippen LogP contribution in [0.3, 0.4) is 0 Å². The first-order valence-corrected chi connectivity index (χ1v) is 7.03.